The van der Waals surface area contributed by atoms with E-state index in [9.17, 15) is 4.79 Å². The minimum absolute atomic E-state index is 0.0696. The maximum Gasteiger partial charge on any atom is 0.272 e. The topological polar surface area (TPSA) is 41.4 Å². The van der Waals surface area contributed by atoms with Gasteiger partial charge in [0.15, 0.2) is 0 Å². The molecule has 5 nitrogen and oxygen atoms in total. The van der Waals surface area contributed by atoms with Gasteiger partial charge in [0.25, 0.3) is 5.91 Å². The molecule has 1 aliphatic rings. The van der Waals surface area contributed by atoms with E-state index in [2.05, 4.69) is 16.9 Å². The highest BCUT2D eigenvalue weighted by Gasteiger charge is 2.24. The average molecular weight is 298 g/mol. The Labute approximate surface area is 131 Å². The number of nitrogens with zero attached hydrogens (tertiary/aromatic N) is 4. The normalized spacial score (nSPS) is 16.0. The molecule has 3 rings (SSSR count). The number of benzene rings is 1. The SMILES string of the molecule is CCN1CCN(C(=O)c2cc(C)nn2-c2ccccc2)CC1. The van der Waals surface area contributed by atoms with E-state index in [-0.39, 0.29) is 5.91 Å². The highest BCUT2D eigenvalue weighted by Crippen LogP contribution is 2.15. The van der Waals surface area contributed by atoms with E-state index < -0.39 is 0 Å². The molecule has 0 atom stereocenters. The number of para-hydroxylation sites is 1. The van der Waals surface area contributed by atoms with Crippen LogP contribution in [-0.4, -0.2) is 58.2 Å². The van der Waals surface area contributed by atoms with E-state index in [0.717, 1.165) is 44.1 Å². The third-order valence-electron chi connectivity index (χ3n) is 4.16. The largest absolute Gasteiger partial charge is 0.335 e. The van der Waals surface area contributed by atoms with Crippen molar-refractivity contribution in [1.82, 2.24) is 19.6 Å². The molecule has 2 heterocycles. The van der Waals surface area contributed by atoms with Crippen molar-refractivity contribution in [2.75, 3.05) is 32.7 Å². The van der Waals surface area contributed by atoms with Crippen molar-refractivity contribution in [3.05, 3.63) is 47.8 Å². The van der Waals surface area contributed by atoms with Crippen LogP contribution in [0.5, 0.6) is 0 Å². The molecular weight excluding hydrogens is 276 g/mol. The zero-order valence-electron chi connectivity index (χ0n) is 13.2. The summed E-state index contributed by atoms with van der Waals surface area (Å²) >= 11 is 0. The van der Waals surface area contributed by atoms with Crippen molar-refractivity contribution in [2.45, 2.75) is 13.8 Å². The van der Waals surface area contributed by atoms with Crippen LogP contribution in [-0.2, 0) is 0 Å². The Balaban J connectivity index is 1.85. The summed E-state index contributed by atoms with van der Waals surface area (Å²) in [5.74, 6) is 0.0696. The number of aromatic nitrogens is 2. The molecule has 0 radical (unpaired) electrons. The molecule has 1 aromatic carbocycles. The molecule has 1 fully saturated rings. The Morgan fingerprint density at radius 1 is 1.14 bits per heavy atom. The van der Waals surface area contributed by atoms with Gasteiger partial charge in [-0.15, -0.1) is 0 Å². The number of amides is 1. The summed E-state index contributed by atoms with van der Waals surface area (Å²) < 4.78 is 1.75. The molecular formula is C17H22N4O. The van der Waals surface area contributed by atoms with E-state index in [4.69, 9.17) is 0 Å². The van der Waals surface area contributed by atoms with Crippen molar-refractivity contribution in [1.29, 1.82) is 0 Å². The highest BCUT2D eigenvalue weighted by atomic mass is 16.2. The van der Waals surface area contributed by atoms with Gasteiger partial charge in [0.1, 0.15) is 5.69 Å². The van der Waals surface area contributed by atoms with Gasteiger partial charge in [0.2, 0.25) is 0 Å². The zero-order chi connectivity index (χ0) is 15.5. The van der Waals surface area contributed by atoms with Crippen molar-refractivity contribution < 1.29 is 4.79 Å². The number of hydrogen-bond donors (Lipinski definition) is 0. The number of rotatable bonds is 3. The molecule has 1 aliphatic heterocycles. The van der Waals surface area contributed by atoms with Crippen LogP contribution in [0.2, 0.25) is 0 Å². The first-order valence-corrected chi connectivity index (χ1v) is 7.82. The fraction of sp³-hybridized carbons (Fsp3) is 0.412. The Bertz CT molecular complexity index is 642. The van der Waals surface area contributed by atoms with Crippen molar-refractivity contribution in [2.24, 2.45) is 0 Å². The molecule has 1 aromatic heterocycles. The van der Waals surface area contributed by atoms with Gasteiger partial charge in [0, 0.05) is 26.2 Å². The van der Waals surface area contributed by atoms with Gasteiger partial charge in [-0.3, -0.25) is 4.79 Å². The number of carbonyl (C=O) groups is 1. The summed E-state index contributed by atoms with van der Waals surface area (Å²) in [5, 5.41) is 4.49. The Hall–Kier alpha value is -2.14. The van der Waals surface area contributed by atoms with Crippen LogP contribution in [0.1, 0.15) is 23.1 Å². The van der Waals surface area contributed by atoms with Gasteiger partial charge in [0.05, 0.1) is 11.4 Å². The van der Waals surface area contributed by atoms with E-state index in [0.29, 0.717) is 5.69 Å². The molecule has 22 heavy (non-hydrogen) atoms. The summed E-state index contributed by atoms with van der Waals surface area (Å²) in [6.07, 6.45) is 0. The average Bonchev–Trinajstić information content (AvgIpc) is 2.97. The first kappa shape index (κ1) is 14.8. The smallest absolute Gasteiger partial charge is 0.272 e. The molecule has 0 bridgehead atoms. The second-order valence-electron chi connectivity index (χ2n) is 5.64. The minimum Gasteiger partial charge on any atom is -0.335 e. The summed E-state index contributed by atoms with van der Waals surface area (Å²) in [6.45, 7) is 8.58. The number of aryl methyl sites for hydroxylation is 1. The predicted octanol–water partition coefficient (Wildman–Crippen LogP) is 1.96. The van der Waals surface area contributed by atoms with Crippen LogP contribution in [0, 0.1) is 6.92 Å². The summed E-state index contributed by atoms with van der Waals surface area (Å²) in [4.78, 5) is 17.1. The second kappa shape index (κ2) is 6.32. The summed E-state index contributed by atoms with van der Waals surface area (Å²) in [6, 6.07) is 11.7. The Kier molecular flexibility index (Phi) is 4.24. The molecule has 0 unspecified atom stereocenters. The van der Waals surface area contributed by atoms with Crippen LogP contribution in [0.4, 0.5) is 0 Å². The molecule has 1 saturated heterocycles. The van der Waals surface area contributed by atoms with Gasteiger partial charge < -0.3 is 9.80 Å². The predicted molar refractivity (Wildman–Crippen MR) is 86.3 cm³/mol. The maximum absolute atomic E-state index is 12.8. The molecule has 1 amide bonds. The molecule has 5 heteroatoms. The third-order valence-corrected chi connectivity index (χ3v) is 4.16. The van der Waals surface area contributed by atoms with Gasteiger partial charge >= 0.3 is 0 Å². The molecule has 116 valence electrons. The Morgan fingerprint density at radius 3 is 2.45 bits per heavy atom. The lowest BCUT2D eigenvalue weighted by molar-refractivity contribution is 0.0634. The monoisotopic (exact) mass is 298 g/mol. The molecule has 2 aromatic rings. The Morgan fingerprint density at radius 2 is 1.82 bits per heavy atom. The molecule has 0 saturated carbocycles. The van der Waals surface area contributed by atoms with E-state index >= 15 is 0 Å². The lowest BCUT2D eigenvalue weighted by atomic mass is 10.2. The van der Waals surface area contributed by atoms with E-state index in [1.807, 2.05) is 48.2 Å². The first-order valence-electron chi connectivity index (χ1n) is 7.82. The minimum atomic E-state index is 0.0696. The number of hydrogen-bond acceptors (Lipinski definition) is 3. The number of piperazine rings is 1. The lowest BCUT2D eigenvalue weighted by Gasteiger charge is -2.34. The first-order chi connectivity index (χ1) is 10.7. The van der Waals surface area contributed by atoms with Crippen molar-refractivity contribution in [3.8, 4) is 5.69 Å². The summed E-state index contributed by atoms with van der Waals surface area (Å²) in [5.41, 5.74) is 2.43. The van der Waals surface area contributed by atoms with Crippen LogP contribution in [0.3, 0.4) is 0 Å². The number of likely N-dealkylation sites (N-methyl/N-ethyl adjacent to an activating group) is 1. The van der Waals surface area contributed by atoms with Gasteiger partial charge in [-0.2, -0.15) is 5.10 Å². The highest BCUT2D eigenvalue weighted by molar-refractivity contribution is 5.93. The van der Waals surface area contributed by atoms with E-state index in [1.165, 1.54) is 0 Å². The second-order valence-corrected chi connectivity index (χ2v) is 5.64. The maximum atomic E-state index is 12.8. The van der Waals surface area contributed by atoms with Crippen molar-refractivity contribution in [3.63, 3.8) is 0 Å². The fourth-order valence-corrected chi connectivity index (χ4v) is 2.85. The third kappa shape index (κ3) is 2.90. The van der Waals surface area contributed by atoms with Crippen LogP contribution in [0.15, 0.2) is 36.4 Å². The van der Waals surface area contributed by atoms with Crippen LogP contribution in [0.25, 0.3) is 5.69 Å². The van der Waals surface area contributed by atoms with Gasteiger partial charge in [-0.25, -0.2) is 4.68 Å². The number of carbonyl (C=O) groups excluding carboxylic acids is 1. The fourth-order valence-electron chi connectivity index (χ4n) is 2.85. The van der Waals surface area contributed by atoms with Gasteiger partial charge in [-0.05, 0) is 31.7 Å². The molecule has 0 aliphatic carbocycles. The summed E-state index contributed by atoms with van der Waals surface area (Å²) in [7, 11) is 0. The van der Waals surface area contributed by atoms with Gasteiger partial charge in [-0.1, -0.05) is 25.1 Å². The molecule has 0 N–H and O–H groups in total. The zero-order valence-corrected chi connectivity index (χ0v) is 13.2. The van der Waals surface area contributed by atoms with E-state index in [1.54, 1.807) is 4.68 Å². The molecule has 0 spiro atoms. The van der Waals surface area contributed by atoms with Crippen LogP contribution >= 0.6 is 0 Å². The van der Waals surface area contributed by atoms with Crippen molar-refractivity contribution >= 4 is 5.91 Å². The quantitative estimate of drug-likeness (QED) is 0.870. The van der Waals surface area contributed by atoms with Crippen LogP contribution < -0.4 is 0 Å². The standard InChI is InChI=1S/C17H22N4O/c1-3-19-9-11-20(12-10-19)17(22)16-13-14(2)18-21(16)15-7-5-4-6-8-15/h4-8,13H,3,9-12H2,1-2H3. The lowest BCUT2D eigenvalue weighted by Crippen LogP contribution is -2.48.